The Balaban J connectivity index is 1.54. The first-order chi connectivity index (χ1) is 15.4. The number of methoxy groups -OCH3 is 1. The molecule has 0 spiro atoms. The van der Waals surface area contributed by atoms with Gasteiger partial charge in [0.25, 0.3) is 0 Å². The molecule has 0 fully saturated rings. The van der Waals surface area contributed by atoms with E-state index in [1.165, 1.54) is 23.9 Å². The van der Waals surface area contributed by atoms with Crippen LogP contribution in [-0.2, 0) is 4.79 Å². The molecule has 3 aromatic carbocycles. The van der Waals surface area contributed by atoms with Crippen LogP contribution in [0.25, 0.3) is 0 Å². The Kier molecular flexibility index (Phi) is 8.07. The predicted octanol–water partition coefficient (Wildman–Crippen LogP) is 4.93. The summed E-state index contributed by atoms with van der Waals surface area (Å²) in [6.07, 6.45) is 0. The van der Waals surface area contributed by atoms with E-state index in [2.05, 4.69) is 16.0 Å². The van der Waals surface area contributed by atoms with Crippen LogP contribution in [0.15, 0.2) is 77.7 Å². The first-order valence-corrected chi connectivity index (χ1v) is 10.9. The molecule has 0 aliphatic carbocycles. The summed E-state index contributed by atoms with van der Waals surface area (Å²) < 4.78 is 5.31. The molecule has 0 bridgehead atoms. The number of carbonyl (C=O) groups is 2. The smallest absolute Gasteiger partial charge is 0.335 e. The number of thiocarbonyl (C=S) groups is 1. The first kappa shape index (κ1) is 23.1. The summed E-state index contributed by atoms with van der Waals surface area (Å²) in [7, 11) is 1.59. The normalized spacial score (nSPS) is 10.2. The number of benzene rings is 3. The molecule has 4 N–H and O–H groups in total. The van der Waals surface area contributed by atoms with E-state index < -0.39 is 5.97 Å². The lowest BCUT2D eigenvalue weighted by atomic mass is 10.2. The number of anilines is 3. The quantitative estimate of drug-likeness (QED) is 0.273. The third-order valence-electron chi connectivity index (χ3n) is 4.21. The Morgan fingerprint density at radius 3 is 2.41 bits per heavy atom. The van der Waals surface area contributed by atoms with Crippen molar-refractivity contribution in [2.24, 2.45) is 0 Å². The highest BCUT2D eigenvalue weighted by Crippen LogP contribution is 2.25. The minimum absolute atomic E-state index is 0.118. The van der Waals surface area contributed by atoms with Gasteiger partial charge in [-0.15, -0.1) is 11.8 Å². The van der Waals surface area contributed by atoms with Crippen molar-refractivity contribution in [1.29, 1.82) is 0 Å². The Morgan fingerprint density at radius 2 is 1.66 bits per heavy atom. The molecule has 0 aliphatic heterocycles. The van der Waals surface area contributed by atoms with Crippen LogP contribution in [0.5, 0.6) is 5.75 Å². The molecule has 0 unspecified atom stereocenters. The molecule has 0 saturated carbocycles. The molecule has 9 heteroatoms. The van der Waals surface area contributed by atoms with Crippen LogP contribution in [0.3, 0.4) is 0 Å². The van der Waals surface area contributed by atoms with Crippen LogP contribution in [0.4, 0.5) is 17.1 Å². The Labute approximate surface area is 195 Å². The van der Waals surface area contributed by atoms with Crippen molar-refractivity contribution in [3.63, 3.8) is 0 Å². The number of nitrogens with one attached hydrogen (secondary N) is 3. The van der Waals surface area contributed by atoms with Gasteiger partial charge in [0.2, 0.25) is 5.91 Å². The molecule has 0 aliphatic rings. The van der Waals surface area contributed by atoms with Gasteiger partial charge in [-0.3, -0.25) is 4.79 Å². The summed E-state index contributed by atoms with van der Waals surface area (Å²) in [6.45, 7) is 0. The van der Waals surface area contributed by atoms with Gasteiger partial charge in [-0.05, 0) is 60.7 Å². The zero-order valence-corrected chi connectivity index (χ0v) is 18.8. The number of carbonyl (C=O) groups excluding carboxylic acids is 1. The highest BCUT2D eigenvalue weighted by molar-refractivity contribution is 8.00. The highest BCUT2D eigenvalue weighted by Gasteiger charge is 2.08. The summed E-state index contributed by atoms with van der Waals surface area (Å²) in [5, 5.41) is 18.4. The zero-order valence-electron chi connectivity index (χ0n) is 17.1. The van der Waals surface area contributed by atoms with Crippen LogP contribution >= 0.6 is 24.0 Å². The van der Waals surface area contributed by atoms with Crippen molar-refractivity contribution in [3.8, 4) is 5.75 Å². The number of aromatic carboxylic acids is 1. The number of amides is 1. The van der Waals surface area contributed by atoms with Crippen LogP contribution < -0.4 is 20.7 Å². The van der Waals surface area contributed by atoms with E-state index in [4.69, 9.17) is 22.1 Å². The number of hydrogen-bond donors (Lipinski definition) is 4. The first-order valence-electron chi connectivity index (χ1n) is 9.51. The molecular formula is C23H21N3O4S2. The van der Waals surface area contributed by atoms with Crippen LogP contribution in [-0.4, -0.2) is 35.0 Å². The fourth-order valence-corrected chi connectivity index (χ4v) is 3.75. The van der Waals surface area contributed by atoms with E-state index in [0.717, 1.165) is 16.3 Å². The van der Waals surface area contributed by atoms with Gasteiger partial charge in [0.1, 0.15) is 5.75 Å². The molecular weight excluding hydrogens is 446 g/mol. The summed E-state index contributed by atoms with van der Waals surface area (Å²) in [4.78, 5) is 24.2. The van der Waals surface area contributed by atoms with E-state index in [9.17, 15) is 9.59 Å². The second kappa shape index (κ2) is 11.2. The molecule has 1 amide bonds. The Morgan fingerprint density at radius 1 is 0.938 bits per heavy atom. The van der Waals surface area contributed by atoms with E-state index in [1.807, 2.05) is 48.5 Å². The Bertz CT molecular complexity index is 1140. The Hall–Kier alpha value is -3.56. The van der Waals surface area contributed by atoms with Gasteiger partial charge in [0.05, 0.1) is 24.1 Å². The number of thioether (sulfide) groups is 1. The molecule has 3 aromatic rings. The average molecular weight is 468 g/mol. The predicted molar refractivity (Wildman–Crippen MR) is 132 cm³/mol. The van der Waals surface area contributed by atoms with Crippen molar-refractivity contribution in [3.05, 3.63) is 78.4 Å². The lowest BCUT2D eigenvalue weighted by molar-refractivity contribution is -0.113. The van der Waals surface area contributed by atoms with Crippen LogP contribution in [0.1, 0.15) is 10.4 Å². The zero-order chi connectivity index (χ0) is 22.9. The van der Waals surface area contributed by atoms with Crippen molar-refractivity contribution < 1.29 is 19.4 Å². The fourth-order valence-electron chi connectivity index (χ4n) is 2.77. The molecule has 3 rings (SSSR count). The second-order valence-electron chi connectivity index (χ2n) is 6.53. The maximum absolute atomic E-state index is 12.3. The minimum Gasteiger partial charge on any atom is -0.495 e. The van der Waals surface area contributed by atoms with Crippen molar-refractivity contribution >= 4 is 58.0 Å². The average Bonchev–Trinajstić information content (AvgIpc) is 2.78. The number of ether oxygens (including phenoxy) is 1. The summed E-state index contributed by atoms with van der Waals surface area (Å²) in [6, 6.07) is 21.1. The molecule has 0 saturated heterocycles. The van der Waals surface area contributed by atoms with Crippen molar-refractivity contribution in [2.45, 2.75) is 4.90 Å². The van der Waals surface area contributed by atoms with E-state index in [0.29, 0.717) is 16.5 Å². The van der Waals surface area contributed by atoms with Gasteiger partial charge in [-0.2, -0.15) is 0 Å². The monoisotopic (exact) mass is 467 g/mol. The van der Waals surface area contributed by atoms with E-state index >= 15 is 0 Å². The summed E-state index contributed by atoms with van der Waals surface area (Å²) >= 11 is 6.74. The number of carboxylic acids is 1. The maximum atomic E-state index is 12.3. The van der Waals surface area contributed by atoms with Gasteiger partial charge in [0, 0.05) is 16.3 Å². The van der Waals surface area contributed by atoms with Gasteiger partial charge in [-0.25, -0.2) is 4.79 Å². The van der Waals surface area contributed by atoms with Gasteiger partial charge < -0.3 is 25.8 Å². The van der Waals surface area contributed by atoms with Crippen LogP contribution in [0, 0.1) is 0 Å². The highest BCUT2D eigenvalue weighted by atomic mass is 32.2. The van der Waals surface area contributed by atoms with Gasteiger partial charge in [-0.1, -0.05) is 24.3 Å². The molecule has 32 heavy (non-hydrogen) atoms. The third-order valence-corrected chi connectivity index (χ3v) is 5.41. The fraction of sp³-hybridized carbons (Fsp3) is 0.0870. The minimum atomic E-state index is -1.04. The lowest BCUT2D eigenvalue weighted by Gasteiger charge is -2.13. The maximum Gasteiger partial charge on any atom is 0.335 e. The largest absolute Gasteiger partial charge is 0.495 e. The molecule has 7 nitrogen and oxygen atoms in total. The molecule has 0 aromatic heterocycles. The number of rotatable bonds is 8. The standard InChI is InChI=1S/C23H21N3O4S2/c1-30-20-11-3-2-10-19(20)26-23(31)25-17-8-5-9-18(13-17)32-14-21(27)24-16-7-4-6-15(12-16)22(28)29/h2-13H,14H2,1H3,(H,24,27)(H,28,29)(H2,25,26,31). The third kappa shape index (κ3) is 6.73. The summed E-state index contributed by atoms with van der Waals surface area (Å²) in [5.41, 5.74) is 2.09. The summed E-state index contributed by atoms with van der Waals surface area (Å²) in [5.74, 6) is -0.423. The van der Waals surface area contributed by atoms with Crippen molar-refractivity contribution in [1.82, 2.24) is 0 Å². The molecule has 0 radical (unpaired) electrons. The number of hydrogen-bond acceptors (Lipinski definition) is 5. The molecule has 0 heterocycles. The number of para-hydroxylation sites is 2. The topological polar surface area (TPSA) is 99.7 Å². The van der Waals surface area contributed by atoms with Gasteiger partial charge >= 0.3 is 5.97 Å². The molecule has 164 valence electrons. The van der Waals surface area contributed by atoms with E-state index in [-0.39, 0.29) is 17.2 Å². The number of carboxylic acid groups (broad SMARTS) is 1. The molecule has 0 atom stereocenters. The SMILES string of the molecule is COc1ccccc1NC(=S)Nc1cccc(SCC(=O)Nc2cccc(C(=O)O)c2)c1. The van der Waals surface area contributed by atoms with Crippen molar-refractivity contribution in [2.75, 3.05) is 28.8 Å². The van der Waals surface area contributed by atoms with Crippen LogP contribution in [0.2, 0.25) is 0 Å². The lowest BCUT2D eigenvalue weighted by Crippen LogP contribution is -2.19. The second-order valence-corrected chi connectivity index (χ2v) is 7.99. The van der Waals surface area contributed by atoms with E-state index in [1.54, 1.807) is 19.2 Å². The van der Waals surface area contributed by atoms with Gasteiger partial charge in [0.15, 0.2) is 5.11 Å².